The molecule has 33 heavy (non-hydrogen) atoms. The van der Waals surface area contributed by atoms with Crippen LogP contribution in [0.4, 0.5) is 5.95 Å². The Kier molecular flexibility index (Phi) is 6.03. The van der Waals surface area contributed by atoms with E-state index in [2.05, 4.69) is 26.8 Å². The highest BCUT2D eigenvalue weighted by Crippen LogP contribution is 2.33. The zero-order valence-electron chi connectivity index (χ0n) is 17.9. The van der Waals surface area contributed by atoms with Crippen LogP contribution in [0, 0.1) is 18.8 Å². The first kappa shape index (κ1) is 21.9. The summed E-state index contributed by atoms with van der Waals surface area (Å²) in [7, 11) is 1.61. The summed E-state index contributed by atoms with van der Waals surface area (Å²) < 4.78 is 5.17. The number of benzene rings is 2. The fourth-order valence-electron chi connectivity index (χ4n) is 3.36. The second-order valence-electron chi connectivity index (χ2n) is 7.26. The standard InChI is InChI=1S/C25H20ClN5O2/c1-14-3-8-17(26)11-19(14)23-20(24(27)32)12-21(30-23)22-16(13-29-25(28)31-22)7-4-15-5-9-18(33-2)10-6-15/h3,5-6,8-13,30H,1-2H3,(H2,27,32)(H2,28,29,31). The maximum absolute atomic E-state index is 12.2. The van der Waals surface area contributed by atoms with Gasteiger partial charge in [0.05, 0.1) is 29.6 Å². The summed E-state index contributed by atoms with van der Waals surface area (Å²) in [6.45, 7) is 1.92. The molecule has 0 fully saturated rings. The Morgan fingerprint density at radius 3 is 2.58 bits per heavy atom. The van der Waals surface area contributed by atoms with Crippen LogP contribution in [0.1, 0.15) is 27.0 Å². The van der Waals surface area contributed by atoms with Gasteiger partial charge >= 0.3 is 0 Å². The molecule has 8 heteroatoms. The van der Waals surface area contributed by atoms with Crippen molar-refractivity contribution in [1.82, 2.24) is 15.0 Å². The van der Waals surface area contributed by atoms with Gasteiger partial charge in [-0.05, 0) is 55.0 Å². The number of nitrogen functional groups attached to an aromatic ring is 1. The van der Waals surface area contributed by atoms with Crippen molar-refractivity contribution in [3.8, 4) is 40.2 Å². The first-order chi connectivity index (χ1) is 15.9. The molecule has 7 nitrogen and oxygen atoms in total. The summed E-state index contributed by atoms with van der Waals surface area (Å²) in [4.78, 5) is 23.9. The number of aromatic nitrogens is 3. The maximum Gasteiger partial charge on any atom is 0.250 e. The lowest BCUT2D eigenvalue weighted by Crippen LogP contribution is -2.11. The van der Waals surface area contributed by atoms with E-state index in [9.17, 15) is 4.79 Å². The lowest BCUT2D eigenvalue weighted by molar-refractivity contribution is 0.100. The maximum atomic E-state index is 12.2. The minimum absolute atomic E-state index is 0.0794. The first-order valence-electron chi connectivity index (χ1n) is 9.94. The molecule has 2 heterocycles. The molecule has 0 saturated heterocycles. The Morgan fingerprint density at radius 1 is 1.12 bits per heavy atom. The van der Waals surface area contributed by atoms with Crippen LogP contribution in [0.5, 0.6) is 5.75 Å². The number of carbonyl (C=O) groups excluding carboxylic acids is 1. The van der Waals surface area contributed by atoms with Gasteiger partial charge in [0.1, 0.15) is 11.4 Å². The average Bonchev–Trinajstić information content (AvgIpc) is 3.25. The number of nitrogens with two attached hydrogens (primary N) is 2. The van der Waals surface area contributed by atoms with Gasteiger partial charge in [-0.15, -0.1) is 0 Å². The number of nitrogens with zero attached hydrogens (tertiary/aromatic N) is 2. The molecule has 0 atom stereocenters. The van der Waals surface area contributed by atoms with Gasteiger partial charge in [0, 0.05) is 22.3 Å². The lowest BCUT2D eigenvalue weighted by atomic mass is 10.0. The Balaban J connectivity index is 1.83. The van der Waals surface area contributed by atoms with Crippen molar-refractivity contribution >= 4 is 23.5 Å². The van der Waals surface area contributed by atoms with Crippen LogP contribution in [0.3, 0.4) is 0 Å². The minimum atomic E-state index is -0.584. The van der Waals surface area contributed by atoms with Gasteiger partial charge in [0.15, 0.2) is 0 Å². The summed E-state index contributed by atoms with van der Waals surface area (Å²) in [6.07, 6.45) is 1.54. The number of H-pyrrole nitrogens is 1. The fraction of sp³-hybridized carbons (Fsp3) is 0.0800. The van der Waals surface area contributed by atoms with Crippen LogP contribution in [0.15, 0.2) is 54.7 Å². The predicted octanol–water partition coefficient (Wildman–Crippen LogP) is 4.19. The Bertz CT molecular complexity index is 1420. The number of methoxy groups -OCH3 is 1. The van der Waals surface area contributed by atoms with Crippen LogP contribution in [-0.4, -0.2) is 28.0 Å². The molecular formula is C25H20ClN5O2. The van der Waals surface area contributed by atoms with Crippen LogP contribution < -0.4 is 16.2 Å². The van der Waals surface area contributed by atoms with E-state index in [1.165, 1.54) is 0 Å². The van der Waals surface area contributed by atoms with Gasteiger partial charge in [-0.3, -0.25) is 4.79 Å². The van der Waals surface area contributed by atoms with Gasteiger partial charge in [-0.25, -0.2) is 9.97 Å². The molecule has 0 aliphatic rings. The summed E-state index contributed by atoms with van der Waals surface area (Å²) in [5.41, 5.74) is 16.4. The molecular weight excluding hydrogens is 438 g/mol. The quantitative estimate of drug-likeness (QED) is 0.397. The number of hydrogen-bond acceptors (Lipinski definition) is 5. The zero-order valence-corrected chi connectivity index (χ0v) is 18.7. The van der Waals surface area contributed by atoms with Gasteiger partial charge in [0.2, 0.25) is 5.95 Å². The van der Waals surface area contributed by atoms with Gasteiger partial charge < -0.3 is 21.2 Å². The van der Waals surface area contributed by atoms with Crippen molar-refractivity contribution in [3.63, 3.8) is 0 Å². The van der Waals surface area contributed by atoms with Crippen molar-refractivity contribution < 1.29 is 9.53 Å². The third kappa shape index (κ3) is 4.66. The minimum Gasteiger partial charge on any atom is -0.497 e. The number of rotatable bonds is 4. The van der Waals surface area contributed by atoms with E-state index in [-0.39, 0.29) is 5.95 Å². The van der Waals surface area contributed by atoms with Gasteiger partial charge in [-0.1, -0.05) is 29.5 Å². The average molecular weight is 458 g/mol. The number of ether oxygens (including phenoxy) is 1. The second-order valence-corrected chi connectivity index (χ2v) is 7.70. The molecule has 0 saturated carbocycles. The molecule has 0 aliphatic heterocycles. The van der Waals surface area contributed by atoms with Gasteiger partial charge in [-0.2, -0.15) is 0 Å². The number of anilines is 1. The van der Waals surface area contributed by atoms with Crippen molar-refractivity contribution in [2.75, 3.05) is 12.8 Å². The highest BCUT2D eigenvalue weighted by molar-refractivity contribution is 6.31. The molecule has 4 rings (SSSR count). The highest BCUT2D eigenvalue weighted by atomic mass is 35.5. The molecule has 0 aliphatic carbocycles. The largest absolute Gasteiger partial charge is 0.497 e. The summed E-state index contributed by atoms with van der Waals surface area (Å²) in [5, 5.41) is 0.541. The number of primary amides is 1. The molecule has 164 valence electrons. The number of amides is 1. The van der Waals surface area contributed by atoms with E-state index < -0.39 is 5.91 Å². The zero-order chi connectivity index (χ0) is 23.5. The van der Waals surface area contributed by atoms with Crippen LogP contribution in [0.2, 0.25) is 5.02 Å². The van der Waals surface area contributed by atoms with Gasteiger partial charge in [0.25, 0.3) is 5.91 Å². The van der Waals surface area contributed by atoms with E-state index in [0.29, 0.717) is 33.2 Å². The number of nitrogens with one attached hydrogen (secondary N) is 1. The van der Waals surface area contributed by atoms with Crippen molar-refractivity contribution in [1.29, 1.82) is 0 Å². The van der Waals surface area contributed by atoms with Crippen molar-refractivity contribution in [2.24, 2.45) is 5.73 Å². The third-order valence-electron chi connectivity index (χ3n) is 5.05. The van der Waals surface area contributed by atoms with Crippen molar-refractivity contribution in [2.45, 2.75) is 6.92 Å². The molecule has 2 aromatic heterocycles. The smallest absolute Gasteiger partial charge is 0.250 e. The normalized spacial score (nSPS) is 10.4. The third-order valence-corrected chi connectivity index (χ3v) is 5.28. The summed E-state index contributed by atoms with van der Waals surface area (Å²) in [6, 6.07) is 14.4. The monoisotopic (exact) mass is 457 g/mol. The van der Waals surface area contributed by atoms with E-state index in [0.717, 1.165) is 22.4 Å². The molecule has 0 unspecified atom stereocenters. The van der Waals surface area contributed by atoms with Crippen molar-refractivity contribution in [3.05, 3.63) is 82.0 Å². The Hall–Kier alpha value is -4.28. The van der Waals surface area contributed by atoms with Crippen LogP contribution in [0.25, 0.3) is 22.6 Å². The number of carbonyl (C=O) groups is 1. The summed E-state index contributed by atoms with van der Waals surface area (Å²) in [5.74, 6) is 6.40. The molecule has 5 N–H and O–H groups in total. The summed E-state index contributed by atoms with van der Waals surface area (Å²) >= 11 is 6.19. The Morgan fingerprint density at radius 2 is 1.88 bits per heavy atom. The molecule has 0 spiro atoms. The molecule has 0 radical (unpaired) electrons. The van der Waals surface area contributed by atoms with Crippen LogP contribution >= 0.6 is 11.6 Å². The highest BCUT2D eigenvalue weighted by Gasteiger charge is 2.19. The fourth-order valence-corrected chi connectivity index (χ4v) is 3.53. The first-order valence-corrected chi connectivity index (χ1v) is 10.3. The number of hydrogen-bond donors (Lipinski definition) is 3. The topological polar surface area (TPSA) is 120 Å². The molecule has 0 bridgehead atoms. The van der Waals surface area contributed by atoms with E-state index in [1.807, 2.05) is 37.3 Å². The molecule has 2 aromatic carbocycles. The van der Waals surface area contributed by atoms with E-state index >= 15 is 0 Å². The van der Waals surface area contributed by atoms with E-state index in [1.54, 1.807) is 31.5 Å². The van der Waals surface area contributed by atoms with Crippen LogP contribution in [-0.2, 0) is 0 Å². The van der Waals surface area contributed by atoms with E-state index in [4.69, 9.17) is 27.8 Å². The molecule has 1 amide bonds. The second kappa shape index (κ2) is 9.07. The Labute approximate surface area is 195 Å². The number of aryl methyl sites for hydroxylation is 1. The predicted molar refractivity (Wildman–Crippen MR) is 129 cm³/mol. The molecule has 4 aromatic rings. The number of aromatic amines is 1. The number of halogens is 1. The lowest BCUT2D eigenvalue weighted by Gasteiger charge is -2.07. The SMILES string of the molecule is COc1ccc(C#Cc2cnc(N)nc2-c2cc(C(N)=O)c(-c3cc(Cl)ccc3C)[nH]2)cc1.